The molecule has 0 saturated carbocycles. The van der Waals surface area contributed by atoms with E-state index < -0.39 is 12.0 Å². The van der Waals surface area contributed by atoms with Gasteiger partial charge in [-0.05, 0) is 36.6 Å². The van der Waals surface area contributed by atoms with Crippen molar-refractivity contribution in [2.45, 2.75) is 33.2 Å². The molecule has 0 heterocycles. The molecule has 2 unspecified atom stereocenters. The second-order valence-electron chi connectivity index (χ2n) is 4.92. The number of aryl methyl sites for hydroxylation is 1. The van der Waals surface area contributed by atoms with Gasteiger partial charge in [0.1, 0.15) is 0 Å². The molecule has 6 heteroatoms. The lowest BCUT2D eigenvalue weighted by atomic mass is 9.99. The van der Waals surface area contributed by atoms with E-state index in [-0.39, 0.29) is 24.2 Å². The molecule has 0 bridgehead atoms. The molecule has 0 fully saturated rings. The Morgan fingerprint density at radius 2 is 2.00 bits per heavy atom. The quantitative estimate of drug-likeness (QED) is 0.818. The minimum absolute atomic E-state index is 0. The number of hydrogen-bond acceptors (Lipinski definition) is 4. The molecular weight excluding hydrogens is 292 g/mol. The Hall–Kier alpha value is -1.59. The first-order valence-electron chi connectivity index (χ1n) is 6.66. The number of amides is 1. The van der Waals surface area contributed by atoms with E-state index in [0.717, 1.165) is 12.0 Å². The molecular formula is C15H23ClN2O3. The van der Waals surface area contributed by atoms with Crippen molar-refractivity contribution in [2.24, 2.45) is 11.7 Å². The molecule has 0 aliphatic heterocycles. The Kier molecular flexibility index (Phi) is 7.99. The third-order valence-electron chi connectivity index (χ3n) is 3.46. The Morgan fingerprint density at radius 1 is 1.38 bits per heavy atom. The first-order valence-corrected chi connectivity index (χ1v) is 6.66. The summed E-state index contributed by atoms with van der Waals surface area (Å²) in [5.74, 6) is -0.494. The Bertz CT molecular complexity index is 506. The molecule has 1 aromatic carbocycles. The summed E-state index contributed by atoms with van der Waals surface area (Å²) in [6, 6.07) is 4.49. The van der Waals surface area contributed by atoms with E-state index in [1.54, 1.807) is 25.1 Å². The van der Waals surface area contributed by atoms with Gasteiger partial charge in [0.25, 0.3) is 0 Å². The summed E-state index contributed by atoms with van der Waals surface area (Å²) in [6.07, 6.45) is 0.842. The van der Waals surface area contributed by atoms with Crippen molar-refractivity contribution in [1.29, 1.82) is 0 Å². The number of methoxy groups -OCH3 is 1. The highest BCUT2D eigenvalue weighted by molar-refractivity contribution is 5.96. The van der Waals surface area contributed by atoms with E-state index in [1.807, 2.05) is 13.8 Å². The van der Waals surface area contributed by atoms with E-state index in [9.17, 15) is 9.59 Å². The smallest absolute Gasteiger partial charge is 0.338 e. The Labute approximate surface area is 131 Å². The van der Waals surface area contributed by atoms with Gasteiger partial charge >= 0.3 is 5.97 Å². The van der Waals surface area contributed by atoms with Crippen LogP contribution < -0.4 is 11.1 Å². The largest absolute Gasteiger partial charge is 0.465 e. The molecule has 21 heavy (non-hydrogen) atoms. The SMILES string of the molecule is CCC(C)C(N)C(=O)Nc1ccc(C(=O)OC)c(C)c1.Cl. The van der Waals surface area contributed by atoms with Crippen molar-refractivity contribution in [3.05, 3.63) is 29.3 Å². The van der Waals surface area contributed by atoms with Gasteiger partial charge in [-0.25, -0.2) is 4.79 Å². The summed E-state index contributed by atoms with van der Waals surface area (Å²) in [5, 5.41) is 2.77. The van der Waals surface area contributed by atoms with Crippen LogP contribution in [0.25, 0.3) is 0 Å². The highest BCUT2D eigenvalue weighted by Gasteiger charge is 2.19. The van der Waals surface area contributed by atoms with Crippen molar-refractivity contribution >= 4 is 30.0 Å². The zero-order valence-electron chi connectivity index (χ0n) is 12.8. The van der Waals surface area contributed by atoms with E-state index in [1.165, 1.54) is 7.11 Å². The van der Waals surface area contributed by atoms with Gasteiger partial charge in [0.2, 0.25) is 5.91 Å². The predicted octanol–water partition coefficient (Wildman–Crippen LogP) is 2.52. The van der Waals surface area contributed by atoms with E-state index in [4.69, 9.17) is 5.73 Å². The first-order chi connectivity index (χ1) is 9.40. The summed E-state index contributed by atoms with van der Waals surface area (Å²) in [5.41, 5.74) is 7.72. The Morgan fingerprint density at radius 3 is 2.48 bits per heavy atom. The minimum Gasteiger partial charge on any atom is -0.465 e. The maximum atomic E-state index is 12.0. The summed E-state index contributed by atoms with van der Waals surface area (Å²) in [6.45, 7) is 5.72. The van der Waals surface area contributed by atoms with Gasteiger partial charge in [0.15, 0.2) is 0 Å². The lowest BCUT2D eigenvalue weighted by molar-refractivity contribution is -0.118. The first kappa shape index (κ1) is 19.4. The van der Waals surface area contributed by atoms with Crippen LogP contribution in [0.5, 0.6) is 0 Å². The van der Waals surface area contributed by atoms with Crippen LogP contribution in [0.1, 0.15) is 36.2 Å². The van der Waals surface area contributed by atoms with Crippen LogP contribution in [0.15, 0.2) is 18.2 Å². The van der Waals surface area contributed by atoms with Crippen LogP contribution in [0.3, 0.4) is 0 Å². The van der Waals surface area contributed by atoms with Crippen LogP contribution in [-0.2, 0) is 9.53 Å². The van der Waals surface area contributed by atoms with Gasteiger partial charge in [-0.1, -0.05) is 20.3 Å². The lowest BCUT2D eigenvalue weighted by Gasteiger charge is -2.18. The molecule has 2 atom stereocenters. The van der Waals surface area contributed by atoms with Crippen LogP contribution in [-0.4, -0.2) is 25.0 Å². The number of nitrogens with one attached hydrogen (secondary N) is 1. The Balaban J connectivity index is 0.00000400. The standard InChI is InChI=1S/C15H22N2O3.ClH/c1-5-9(2)13(16)14(18)17-11-6-7-12(10(3)8-11)15(19)20-4;/h6-9,13H,5,16H2,1-4H3,(H,17,18);1H. The number of carbonyl (C=O) groups is 2. The number of esters is 1. The molecule has 3 N–H and O–H groups in total. The zero-order chi connectivity index (χ0) is 15.3. The number of hydrogen-bond donors (Lipinski definition) is 2. The van der Waals surface area contributed by atoms with Crippen LogP contribution >= 0.6 is 12.4 Å². The van der Waals surface area contributed by atoms with Crippen LogP contribution in [0, 0.1) is 12.8 Å². The number of carbonyl (C=O) groups excluding carboxylic acids is 2. The maximum absolute atomic E-state index is 12.0. The molecule has 0 radical (unpaired) electrons. The molecule has 1 rings (SSSR count). The van der Waals surface area contributed by atoms with Gasteiger partial charge in [0.05, 0.1) is 18.7 Å². The monoisotopic (exact) mass is 314 g/mol. The van der Waals surface area contributed by atoms with Crippen molar-refractivity contribution in [3.63, 3.8) is 0 Å². The number of halogens is 1. The maximum Gasteiger partial charge on any atom is 0.338 e. The zero-order valence-corrected chi connectivity index (χ0v) is 13.6. The van der Waals surface area contributed by atoms with Crippen molar-refractivity contribution < 1.29 is 14.3 Å². The van der Waals surface area contributed by atoms with Gasteiger partial charge in [-0.15, -0.1) is 12.4 Å². The molecule has 0 aromatic heterocycles. The molecule has 1 aromatic rings. The second kappa shape index (κ2) is 8.64. The molecule has 1 amide bonds. The van der Waals surface area contributed by atoms with Crippen molar-refractivity contribution in [2.75, 3.05) is 12.4 Å². The number of anilines is 1. The second-order valence-corrected chi connectivity index (χ2v) is 4.92. The molecule has 5 nitrogen and oxygen atoms in total. The number of benzene rings is 1. The fourth-order valence-electron chi connectivity index (χ4n) is 1.82. The minimum atomic E-state index is -0.541. The van der Waals surface area contributed by atoms with Crippen LogP contribution in [0.4, 0.5) is 5.69 Å². The molecule has 118 valence electrons. The topological polar surface area (TPSA) is 81.4 Å². The lowest BCUT2D eigenvalue weighted by Crippen LogP contribution is -2.40. The molecule has 0 aliphatic carbocycles. The number of nitrogens with two attached hydrogens (primary N) is 1. The third-order valence-corrected chi connectivity index (χ3v) is 3.46. The molecule has 0 aliphatic rings. The highest BCUT2D eigenvalue weighted by Crippen LogP contribution is 2.17. The fraction of sp³-hybridized carbons (Fsp3) is 0.467. The molecule has 0 saturated heterocycles. The summed E-state index contributed by atoms with van der Waals surface area (Å²) >= 11 is 0. The van der Waals surface area contributed by atoms with Gasteiger partial charge in [-0.2, -0.15) is 0 Å². The van der Waals surface area contributed by atoms with E-state index in [0.29, 0.717) is 11.3 Å². The van der Waals surface area contributed by atoms with Gasteiger partial charge < -0.3 is 15.8 Å². The average Bonchev–Trinajstić information content (AvgIpc) is 2.44. The van der Waals surface area contributed by atoms with Gasteiger partial charge in [0, 0.05) is 5.69 Å². The van der Waals surface area contributed by atoms with Crippen molar-refractivity contribution in [1.82, 2.24) is 0 Å². The van der Waals surface area contributed by atoms with E-state index >= 15 is 0 Å². The summed E-state index contributed by atoms with van der Waals surface area (Å²) in [7, 11) is 1.34. The third kappa shape index (κ3) is 5.02. The van der Waals surface area contributed by atoms with Gasteiger partial charge in [-0.3, -0.25) is 4.79 Å². The highest BCUT2D eigenvalue weighted by atomic mass is 35.5. The summed E-state index contributed by atoms with van der Waals surface area (Å²) < 4.78 is 4.68. The number of rotatable bonds is 5. The molecule has 0 spiro atoms. The number of ether oxygens (including phenoxy) is 1. The predicted molar refractivity (Wildman–Crippen MR) is 85.8 cm³/mol. The van der Waals surface area contributed by atoms with E-state index in [2.05, 4.69) is 10.1 Å². The fourth-order valence-corrected chi connectivity index (χ4v) is 1.82. The average molecular weight is 315 g/mol. The van der Waals surface area contributed by atoms with Crippen LogP contribution in [0.2, 0.25) is 0 Å². The summed E-state index contributed by atoms with van der Waals surface area (Å²) in [4.78, 5) is 23.4. The van der Waals surface area contributed by atoms with Crippen molar-refractivity contribution in [3.8, 4) is 0 Å². The normalized spacial score (nSPS) is 12.8.